The van der Waals surface area contributed by atoms with Gasteiger partial charge in [-0.1, -0.05) is 26.8 Å². The van der Waals surface area contributed by atoms with E-state index in [1.807, 2.05) is 0 Å². The van der Waals surface area contributed by atoms with E-state index in [4.69, 9.17) is 4.74 Å². The van der Waals surface area contributed by atoms with Gasteiger partial charge in [-0.15, -0.1) is 11.3 Å². The summed E-state index contributed by atoms with van der Waals surface area (Å²) < 4.78 is 31.3. The molecule has 8 nitrogen and oxygen atoms in total. The van der Waals surface area contributed by atoms with E-state index in [1.165, 1.54) is 25.1 Å². The monoisotopic (exact) mass is 452 g/mol. The summed E-state index contributed by atoms with van der Waals surface area (Å²) in [7, 11) is -3.80. The molecule has 2 N–H and O–H groups in total. The smallest absolute Gasteiger partial charge is 0.321 e. The number of amides is 1. The van der Waals surface area contributed by atoms with Gasteiger partial charge in [0.1, 0.15) is 10.8 Å². The van der Waals surface area contributed by atoms with Gasteiger partial charge in [0.25, 0.3) is 10.0 Å². The lowest BCUT2D eigenvalue weighted by atomic mass is 9.95. The first-order chi connectivity index (χ1) is 13.9. The summed E-state index contributed by atoms with van der Waals surface area (Å²) in [5, 5.41) is 4.36. The van der Waals surface area contributed by atoms with Crippen molar-refractivity contribution < 1.29 is 27.5 Å². The van der Waals surface area contributed by atoms with E-state index in [0.29, 0.717) is 11.3 Å². The zero-order valence-corrected chi connectivity index (χ0v) is 18.7. The summed E-state index contributed by atoms with van der Waals surface area (Å²) in [4.78, 5) is 36.4. The Balaban J connectivity index is 1.90. The second kappa shape index (κ2) is 9.50. The molecule has 0 bridgehead atoms. The van der Waals surface area contributed by atoms with Gasteiger partial charge in [-0.2, -0.15) is 4.72 Å². The minimum Gasteiger partial charge on any atom is -0.453 e. The highest BCUT2D eigenvalue weighted by molar-refractivity contribution is 7.91. The first-order valence-corrected chi connectivity index (χ1v) is 11.4. The van der Waals surface area contributed by atoms with Crippen LogP contribution in [0.3, 0.4) is 0 Å². The van der Waals surface area contributed by atoms with Gasteiger partial charge in [0.2, 0.25) is 11.7 Å². The molecule has 0 aliphatic rings. The van der Waals surface area contributed by atoms with Crippen molar-refractivity contribution in [2.24, 2.45) is 5.41 Å². The number of thiophene rings is 1. The van der Waals surface area contributed by atoms with E-state index in [1.54, 1.807) is 44.4 Å². The zero-order chi connectivity index (χ0) is 22.5. The second-order valence-electron chi connectivity index (χ2n) is 7.53. The van der Waals surface area contributed by atoms with E-state index in [-0.39, 0.29) is 10.1 Å². The Morgan fingerprint density at radius 2 is 1.73 bits per heavy atom. The summed E-state index contributed by atoms with van der Waals surface area (Å²) in [6.07, 6.45) is -1.10. The zero-order valence-electron chi connectivity index (χ0n) is 17.1. The molecular weight excluding hydrogens is 428 g/mol. The number of rotatable bonds is 8. The lowest BCUT2D eigenvalue weighted by molar-refractivity contribution is -0.144. The van der Waals surface area contributed by atoms with Crippen LogP contribution < -0.4 is 10.0 Å². The maximum absolute atomic E-state index is 12.5. The molecule has 162 valence electrons. The summed E-state index contributed by atoms with van der Waals surface area (Å²) >= 11 is 1.02. The summed E-state index contributed by atoms with van der Waals surface area (Å²) in [5.41, 5.74) is 0.282. The van der Waals surface area contributed by atoms with E-state index >= 15 is 0 Å². The first-order valence-electron chi connectivity index (χ1n) is 9.08. The largest absolute Gasteiger partial charge is 0.453 e. The Bertz CT molecular complexity index is 1010. The van der Waals surface area contributed by atoms with Crippen LogP contribution in [0.1, 0.15) is 38.1 Å². The van der Waals surface area contributed by atoms with Gasteiger partial charge in [-0.25, -0.2) is 8.42 Å². The summed E-state index contributed by atoms with van der Waals surface area (Å²) in [5.74, 6) is -1.47. The van der Waals surface area contributed by atoms with E-state index in [9.17, 15) is 22.8 Å². The number of carbonyl (C=O) groups excluding carboxylic acids is 3. The van der Waals surface area contributed by atoms with E-state index in [2.05, 4.69) is 10.0 Å². The number of benzene rings is 1. The molecule has 0 fully saturated rings. The standard InChI is InChI=1S/C20H24N2O6S2/c1-13(28-16(23)12-21-30(26,27)17-6-5-11-29-17)18(24)14-7-9-15(10-8-14)22-19(25)20(2,3)4/h5-11,13,21H,12H2,1-4H3,(H,22,25). The Labute approximate surface area is 179 Å². The fraction of sp³-hybridized carbons (Fsp3) is 0.350. The van der Waals surface area contributed by atoms with Crippen molar-refractivity contribution in [1.29, 1.82) is 0 Å². The number of hydrogen-bond acceptors (Lipinski definition) is 7. The average Bonchev–Trinajstić information content (AvgIpc) is 3.21. The topological polar surface area (TPSA) is 119 Å². The third-order valence-corrected chi connectivity index (χ3v) is 6.75. The molecule has 30 heavy (non-hydrogen) atoms. The summed E-state index contributed by atoms with van der Waals surface area (Å²) in [6.45, 7) is 6.18. The van der Waals surface area contributed by atoms with Crippen molar-refractivity contribution in [1.82, 2.24) is 4.72 Å². The third-order valence-electron chi connectivity index (χ3n) is 3.95. The van der Waals surface area contributed by atoms with Crippen molar-refractivity contribution in [3.8, 4) is 0 Å². The quantitative estimate of drug-likeness (QED) is 0.470. The van der Waals surface area contributed by atoms with Crippen molar-refractivity contribution in [3.05, 3.63) is 47.3 Å². The average molecular weight is 453 g/mol. The van der Waals surface area contributed by atoms with Gasteiger partial charge < -0.3 is 10.1 Å². The molecule has 0 saturated heterocycles. The number of nitrogens with one attached hydrogen (secondary N) is 2. The Morgan fingerprint density at radius 1 is 1.10 bits per heavy atom. The third kappa shape index (κ3) is 6.48. The highest BCUT2D eigenvalue weighted by atomic mass is 32.2. The maximum atomic E-state index is 12.5. The molecule has 1 aromatic carbocycles. The van der Waals surface area contributed by atoms with Crippen LogP contribution in [-0.2, 0) is 24.3 Å². The predicted molar refractivity (Wildman–Crippen MR) is 114 cm³/mol. The van der Waals surface area contributed by atoms with Crippen LogP contribution in [-0.4, -0.2) is 38.7 Å². The molecule has 1 heterocycles. The van der Waals surface area contributed by atoms with Gasteiger partial charge in [0, 0.05) is 16.7 Å². The van der Waals surface area contributed by atoms with Crippen LogP contribution in [0.15, 0.2) is 46.0 Å². The SMILES string of the molecule is CC(OC(=O)CNS(=O)(=O)c1cccs1)C(=O)c1ccc(NC(=O)C(C)(C)C)cc1. The lowest BCUT2D eigenvalue weighted by Crippen LogP contribution is -2.33. The van der Waals surface area contributed by atoms with Crippen LogP contribution in [0.4, 0.5) is 5.69 Å². The maximum Gasteiger partial charge on any atom is 0.321 e. The molecule has 1 atom stereocenters. The van der Waals surface area contributed by atoms with Crippen LogP contribution >= 0.6 is 11.3 Å². The Morgan fingerprint density at radius 3 is 2.27 bits per heavy atom. The number of ether oxygens (including phenoxy) is 1. The van der Waals surface area contributed by atoms with Crippen molar-refractivity contribution in [3.63, 3.8) is 0 Å². The van der Waals surface area contributed by atoms with Crippen molar-refractivity contribution in [2.45, 2.75) is 38.0 Å². The number of anilines is 1. The molecular formula is C20H24N2O6S2. The molecule has 0 aliphatic carbocycles. The number of Topliss-reactive ketones (excluding diaryl/α,β-unsaturated/α-hetero) is 1. The molecule has 10 heteroatoms. The summed E-state index contributed by atoms with van der Waals surface area (Å²) in [6, 6.07) is 9.20. The van der Waals surface area contributed by atoms with Gasteiger partial charge in [0.15, 0.2) is 6.10 Å². The number of esters is 1. The fourth-order valence-electron chi connectivity index (χ4n) is 2.20. The first kappa shape index (κ1) is 23.7. The molecule has 1 unspecified atom stereocenters. The van der Waals surface area contributed by atoms with Crippen molar-refractivity contribution in [2.75, 3.05) is 11.9 Å². The molecule has 0 spiro atoms. The van der Waals surface area contributed by atoms with Gasteiger partial charge in [-0.05, 0) is 42.6 Å². The lowest BCUT2D eigenvalue weighted by Gasteiger charge is -2.18. The number of sulfonamides is 1. The van der Waals surface area contributed by atoms with Crippen molar-refractivity contribution >= 4 is 44.7 Å². The molecule has 0 radical (unpaired) electrons. The minimum absolute atomic E-state index is 0.0815. The Kier molecular flexibility index (Phi) is 7.51. The van der Waals surface area contributed by atoms with Gasteiger partial charge in [0.05, 0.1) is 0 Å². The molecule has 0 saturated carbocycles. The normalized spacial score (nSPS) is 12.8. The van der Waals surface area contributed by atoms with Gasteiger partial charge in [-0.3, -0.25) is 14.4 Å². The number of hydrogen-bond donors (Lipinski definition) is 2. The van der Waals surface area contributed by atoms with E-state index in [0.717, 1.165) is 11.3 Å². The second-order valence-corrected chi connectivity index (χ2v) is 10.5. The predicted octanol–water partition coefficient (Wildman–Crippen LogP) is 2.83. The fourth-order valence-corrected chi connectivity index (χ4v) is 4.21. The molecule has 1 aromatic heterocycles. The Hall–Kier alpha value is -2.56. The van der Waals surface area contributed by atoms with Crippen LogP contribution in [0.2, 0.25) is 0 Å². The number of carbonyl (C=O) groups is 3. The highest BCUT2D eigenvalue weighted by Crippen LogP contribution is 2.19. The molecule has 0 aliphatic heterocycles. The highest BCUT2D eigenvalue weighted by Gasteiger charge is 2.23. The molecule has 2 rings (SSSR count). The van der Waals surface area contributed by atoms with Crippen LogP contribution in [0.5, 0.6) is 0 Å². The molecule has 1 amide bonds. The number of ketones is 1. The minimum atomic E-state index is -3.80. The van der Waals surface area contributed by atoms with Crippen LogP contribution in [0, 0.1) is 5.41 Å². The van der Waals surface area contributed by atoms with Crippen LogP contribution in [0.25, 0.3) is 0 Å². The van der Waals surface area contributed by atoms with Gasteiger partial charge >= 0.3 is 5.97 Å². The van der Waals surface area contributed by atoms with E-state index < -0.39 is 39.8 Å². The molecule has 2 aromatic rings.